The van der Waals surface area contributed by atoms with Crippen molar-refractivity contribution in [3.05, 3.63) is 35.4 Å². The van der Waals surface area contributed by atoms with E-state index < -0.39 is 17.9 Å². The lowest BCUT2D eigenvalue weighted by atomic mass is 10.0. The molecule has 4 heteroatoms. The molecule has 0 atom stereocenters. The minimum Gasteiger partial charge on any atom is -0.348 e. The fourth-order valence-electron chi connectivity index (χ4n) is 2.11. The van der Waals surface area contributed by atoms with E-state index in [1.165, 1.54) is 12.1 Å². The zero-order valence-electron chi connectivity index (χ0n) is 10.5. The van der Waals surface area contributed by atoms with Gasteiger partial charge in [-0.1, -0.05) is 19.8 Å². The highest BCUT2D eigenvalue weighted by molar-refractivity contribution is 5.19. The summed E-state index contributed by atoms with van der Waals surface area (Å²) >= 11 is 0. The Balaban J connectivity index is 1.92. The van der Waals surface area contributed by atoms with E-state index in [1.807, 2.05) is 0 Å². The van der Waals surface area contributed by atoms with E-state index >= 15 is 0 Å². The van der Waals surface area contributed by atoms with Crippen LogP contribution in [0.2, 0.25) is 0 Å². The minimum absolute atomic E-state index is 0.389. The number of unbranched alkanes of at least 4 members (excludes halogenated alkanes) is 1. The quantitative estimate of drug-likeness (QED) is 0.815. The third-order valence-corrected chi connectivity index (χ3v) is 3.09. The van der Waals surface area contributed by atoms with Gasteiger partial charge >= 0.3 is 0 Å². The molecule has 0 N–H and O–H groups in total. The van der Waals surface area contributed by atoms with Gasteiger partial charge in [0.15, 0.2) is 6.29 Å². The lowest BCUT2D eigenvalue weighted by molar-refractivity contribution is -0.206. The van der Waals surface area contributed by atoms with Gasteiger partial charge in [-0.2, -0.15) is 0 Å². The van der Waals surface area contributed by atoms with E-state index in [0.717, 1.165) is 25.3 Å². The molecule has 1 aromatic rings. The van der Waals surface area contributed by atoms with Gasteiger partial charge in [-0.3, -0.25) is 0 Å². The Labute approximate surface area is 106 Å². The molecule has 1 saturated heterocycles. The molecule has 1 aliphatic rings. The van der Waals surface area contributed by atoms with Crippen LogP contribution >= 0.6 is 0 Å². The van der Waals surface area contributed by atoms with Crippen molar-refractivity contribution < 1.29 is 18.3 Å². The number of hydrogen-bond acceptors (Lipinski definition) is 2. The van der Waals surface area contributed by atoms with Gasteiger partial charge in [-0.15, -0.1) is 0 Å². The molecule has 2 rings (SSSR count). The Morgan fingerprint density at radius 1 is 1.11 bits per heavy atom. The highest BCUT2D eigenvalue weighted by atomic mass is 19.1. The molecular formula is C14H18F2O2. The normalized spacial score (nSPS) is 24.2. The Bertz CT molecular complexity index is 367. The summed E-state index contributed by atoms with van der Waals surface area (Å²) in [4.78, 5) is 0. The molecule has 1 aromatic carbocycles. The second-order valence-corrected chi connectivity index (χ2v) is 4.71. The van der Waals surface area contributed by atoms with Crippen LogP contribution in [-0.4, -0.2) is 13.2 Å². The first-order valence-electron chi connectivity index (χ1n) is 6.38. The Morgan fingerprint density at radius 3 is 2.28 bits per heavy atom. The number of halogens is 2. The fourth-order valence-corrected chi connectivity index (χ4v) is 2.11. The predicted molar refractivity (Wildman–Crippen MR) is 64.0 cm³/mol. The number of hydrogen-bond donors (Lipinski definition) is 0. The molecule has 0 aromatic heterocycles. The van der Waals surface area contributed by atoms with Gasteiger partial charge in [0.25, 0.3) is 0 Å². The summed E-state index contributed by atoms with van der Waals surface area (Å²) in [6.45, 7) is 3.31. The van der Waals surface area contributed by atoms with Crippen LogP contribution in [0.4, 0.5) is 8.78 Å². The third-order valence-electron chi connectivity index (χ3n) is 3.09. The van der Waals surface area contributed by atoms with Crippen LogP contribution in [0.5, 0.6) is 0 Å². The van der Waals surface area contributed by atoms with Gasteiger partial charge in [0, 0.05) is 17.5 Å². The van der Waals surface area contributed by atoms with Crippen LogP contribution in [0.1, 0.15) is 38.0 Å². The summed E-state index contributed by atoms with van der Waals surface area (Å²) in [5.41, 5.74) is 0.404. The Morgan fingerprint density at radius 2 is 1.72 bits per heavy atom. The van der Waals surface area contributed by atoms with Crippen LogP contribution in [-0.2, 0) is 9.47 Å². The molecule has 1 fully saturated rings. The fraction of sp³-hybridized carbons (Fsp3) is 0.571. The molecular weight excluding hydrogens is 238 g/mol. The average Bonchev–Trinajstić information content (AvgIpc) is 2.36. The number of benzene rings is 1. The molecule has 18 heavy (non-hydrogen) atoms. The molecule has 0 unspecified atom stereocenters. The molecule has 0 radical (unpaired) electrons. The molecule has 0 spiro atoms. The van der Waals surface area contributed by atoms with Crippen molar-refractivity contribution in [3.63, 3.8) is 0 Å². The number of ether oxygens (including phenoxy) is 2. The summed E-state index contributed by atoms with van der Waals surface area (Å²) in [6, 6.07) is 3.34. The predicted octanol–water partition coefficient (Wildman–Crippen LogP) is 3.82. The highest BCUT2D eigenvalue weighted by Crippen LogP contribution is 2.27. The smallest absolute Gasteiger partial charge is 0.184 e. The van der Waals surface area contributed by atoms with Crippen molar-refractivity contribution in [1.82, 2.24) is 0 Å². The SMILES string of the molecule is CCCCC1COC(c2cc(F)cc(F)c2)OC1. The van der Waals surface area contributed by atoms with Crippen LogP contribution in [0.15, 0.2) is 18.2 Å². The van der Waals surface area contributed by atoms with Crippen molar-refractivity contribution in [2.45, 2.75) is 32.5 Å². The van der Waals surface area contributed by atoms with Crippen molar-refractivity contribution in [2.75, 3.05) is 13.2 Å². The van der Waals surface area contributed by atoms with Crippen molar-refractivity contribution in [3.8, 4) is 0 Å². The molecule has 0 aliphatic carbocycles. The van der Waals surface area contributed by atoms with E-state index in [4.69, 9.17) is 9.47 Å². The Kier molecular flexibility index (Phi) is 4.66. The van der Waals surface area contributed by atoms with Gasteiger partial charge in [0.2, 0.25) is 0 Å². The first-order valence-corrected chi connectivity index (χ1v) is 6.38. The lowest BCUT2D eigenvalue weighted by Gasteiger charge is -2.29. The first kappa shape index (κ1) is 13.4. The van der Waals surface area contributed by atoms with Crippen LogP contribution in [0.3, 0.4) is 0 Å². The van der Waals surface area contributed by atoms with Gasteiger partial charge < -0.3 is 9.47 Å². The summed E-state index contributed by atoms with van der Waals surface area (Å²) in [5, 5.41) is 0. The van der Waals surface area contributed by atoms with Gasteiger partial charge in [0.1, 0.15) is 11.6 Å². The minimum atomic E-state index is -0.645. The molecule has 0 amide bonds. The zero-order chi connectivity index (χ0) is 13.0. The van der Waals surface area contributed by atoms with Gasteiger partial charge in [0.05, 0.1) is 13.2 Å². The second kappa shape index (κ2) is 6.25. The standard InChI is InChI=1S/C14H18F2O2/c1-2-3-4-10-8-17-14(18-9-10)11-5-12(15)7-13(16)6-11/h5-7,10,14H,2-4,8-9H2,1H3. The molecule has 1 aliphatic heterocycles. The van der Waals surface area contributed by atoms with Crippen LogP contribution < -0.4 is 0 Å². The largest absolute Gasteiger partial charge is 0.348 e. The van der Waals surface area contributed by atoms with E-state index in [2.05, 4.69) is 6.92 Å². The van der Waals surface area contributed by atoms with Crippen molar-refractivity contribution in [1.29, 1.82) is 0 Å². The summed E-state index contributed by atoms with van der Waals surface area (Å²) in [6.07, 6.45) is 2.72. The van der Waals surface area contributed by atoms with Gasteiger partial charge in [-0.25, -0.2) is 8.78 Å². The van der Waals surface area contributed by atoms with E-state index in [1.54, 1.807) is 0 Å². The second-order valence-electron chi connectivity index (χ2n) is 4.71. The monoisotopic (exact) mass is 256 g/mol. The van der Waals surface area contributed by atoms with E-state index in [9.17, 15) is 8.78 Å². The highest BCUT2D eigenvalue weighted by Gasteiger charge is 2.23. The van der Waals surface area contributed by atoms with Crippen LogP contribution in [0.25, 0.3) is 0 Å². The maximum atomic E-state index is 13.1. The zero-order valence-corrected chi connectivity index (χ0v) is 10.5. The molecule has 0 bridgehead atoms. The van der Waals surface area contributed by atoms with Crippen LogP contribution in [0, 0.1) is 17.6 Å². The average molecular weight is 256 g/mol. The molecule has 2 nitrogen and oxygen atoms in total. The van der Waals surface area contributed by atoms with E-state index in [-0.39, 0.29) is 0 Å². The van der Waals surface area contributed by atoms with E-state index in [0.29, 0.717) is 24.7 Å². The molecule has 1 heterocycles. The van der Waals surface area contributed by atoms with Gasteiger partial charge in [-0.05, 0) is 18.6 Å². The maximum Gasteiger partial charge on any atom is 0.184 e. The Hall–Kier alpha value is -1.00. The summed E-state index contributed by atoms with van der Waals surface area (Å²) < 4.78 is 37.2. The summed E-state index contributed by atoms with van der Waals surface area (Å²) in [7, 11) is 0. The first-order chi connectivity index (χ1) is 8.69. The topological polar surface area (TPSA) is 18.5 Å². The number of rotatable bonds is 4. The lowest BCUT2D eigenvalue weighted by Crippen LogP contribution is -2.27. The third kappa shape index (κ3) is 3.50. The summed E-state index contributed by atoms with van der Waals surface area (Å²) in [5.74, 6) is -0.824. The maximum absolute atomic E-state index is 13.1. The van der Waals surface area contributed by atoms with Crippen molar-refractivity contribution in [2.24, 2.45) is 5.92 Å². The molecule has 100 valence electrons. The van der Waals surface area contributed by atoms with Crippen molar-refractivity contribution >= 4 is 0 Å². The molecule has 0 saturated carbocycles.